The van der Waals surface area contributed by atoms with Crippen LogP contribution in [0.4, 0.5) is 0 Å². The van der Waals surface area contributed by atoms with Gasteiger partial charge in [-0.05, 0) is 35.4 Å². The Labute approximate surface area is 135 Å². The lowest BCUT2D eigenvalue weighted by molar-refractivity contribution is 0.0697. The van der Waals surface area contributed by atoms with Gasteiger partial charge in [-0.25, -0.2) is 4.79 Å². The summed E-state index contributed by atoms with van der Waals surface area (Å²) in [6.07, 6.45) is 5.28. The zero-order valence-corrected chi connectivity index (χ0v) is 12.6. The highest BCUT2D eigenvalue weighted by molar-refractivity contribution is 5.88. The van der Waals surface area contributed by atoms with Gasteiger partial charge in [0.05, 0.1) is 11.8 Å². The number of benzene rings is 2. The third-order valence-corrected chi connectivity index (χ3v) is 3.09. The van der Waals surface area contributed by atoms with Crippen LogP contribution in [-0.2, 0) is 4.74 Å². The molecule has 118 valence electrons. The minimum absolute atomic E-state index is 0.282. The lowest BCUT2D eigenvalue weighted by Gasteiger charge is -2.05. The third-order valence-electron chi connectivity index (χ3n) is 3.09. The summed E-state index contributed by atoms with van der Waals surface area (Å²) in [5.41, 5.74) is 2.25. The number of carbonyl (C=O) groups is 1. The molecule has 4 nitrogen and oxygen atoms in total. The van der Waals surface area contributed by atoms with E-state index in [0.29, 0.717) is 13.2 Å². The molecule has 0 heterocycles. The predicted molar refractivity (Wildman–Crippen MR) is 90.4 cm³/mol. The minimum atomic E-state index is -0.922. The molecular weight excluding hydrogens is 292 g/mol. The van der Waals surface area contributed by atoms with Crippen molar-refractivity contribution in [2.75, 3.05) is 13.2 Å². The Bertz CT molecular complexity index is 670. The van der Waals surface area contributed by atoms with Crippen LogP contribution in [0.1, 0.15) is 21.5 Å². The van der Waals surface area contributed by atoms with Crippen LogP contribution in [0.2, 0.25) is 0 Å². The summed E-state index contributed by atoms with van der Waals surface area (Å²) in [4.78, 5) is 10.8. The summed E-state index contributed by atoms with van der Waals surface area (Å²) >= 11 is 0. The number of carboxylic acids is 1. The zero-order valence-electron chi connectivity index (χ0n) is 12.6. The Kier molecular flexibility index (Phi) is 6.00. The third kappa shape index (κ3) is 5.36. The van der Waals surface area contributed by atoms with Crippen LogP contribution in [-0.4, -0.2) is 24.3 Å². The molecule has 0 spiro atoms. The Morgan fingerprint density at radius 2 is 1.52 bits per heavy atom. The van der Waals surface area contributed by atoms with Crippen LogP contribution in [0.5, 0.6) is 5.75 Å². The quantitative estimate of drug-likeness (QED) is 0.453. The molecule has 0 aliphatic carbocycles. The maximum atomic E-state index is 10.8. The molecular formula is C19H18O4. The summed E-state index contributed by atoms with van der Waals surface area (Å²) in [7, 11) is 0. The summed E-state index contributed by atoms with van der Waals surface area (Å²) in [6, 6.07) is 14.4. The Hall–Kier alpha value is -3.01. The van der Waals surface area contributed by atoms with Crippen LogP contribution >= 0.6 is 0 Å². The van der Waals surface area contributed by atoms with Crippen LogP contribution < -0.4 is 4.74 Å². The van der Waals surface area contributed by atoms with E-state index in [-0.39, 0.29) is 5.56 Å². The van der Waals surface area contributed by atoms with Crippen molar-refractivity contribution in [1.82, 2.24) is 0 Å². The smallest absolute Gasteiger partial charge is 0.335 e. The van der Waals surface area contributed by atoms with E-state index >= 15 is 0 Å². The maximum Gasteiger partial charge on any atom is 0.335 e. The number of hydrogen-bond acceptors (Lipinski definition) is 3. The normalized spacial score (nSPS) is 10.4. The number of aromatic carboxylic acids is 1. The molecule has 0 aliphatic heterocycles. The van der Waals surface area contributed by atoms with Crippen LogP contribution in [0.25, 0.3) is 12.2 Å². The number of hydrogen-bond donors (Lipinski definition) is 1. The van der Waals surface area contributed by atoms with Crippen molar-refractivity contribution in [3.05, 3.63) is 78.1 Å². The van der Waals surface area contributed by atoms with E-state index in [1.54, 1.807) is 24.3 Å². The molecule has 0 amide bonds. The van der Waals surface area contributed by atoms with Gasteiger partial charge in [-0.1, -0.05) is 43.0 Å². The summed E-state index contributed by atoms with van der Waals surface area (Å²) in [5, 5.41) is 8.86. The maximum absolute atomic E-state index is 10.8. The molecule has 2 rings (SSSR count). The average molecular weight is 310 g/mol. The largest absolute Gasteiger partial charge is 0.498 e. The van der Waals surface area contributed by atoms with E-state index < -0.39 is 5.97 Å². The second kappa shape index (κ2) is 8.44. The van der Waals surface area contributed by atoms with Crippen LogP contribution in [0.15, 0.2) is 61.4 Å². The fraction of sp³-hybridized carbons (Fsp3) is 0.105. The SMILES string of the molecule is C=COCCOc1ccc(C=Cc2ccc(C(=O)O)cc2)cc1. The van der Waals surface area contributed by atoms with E-state index in [0.717, 1.165) is 16.9 Å². The summed E-state index contributed by atoms with van der Waals surface area (Å²) in [5.74, 6) is -0.143. The molecule has 0 saturated heterocycles. The standard InChI is InChI=1S/C19H18O4/c1-2-22-13-14-23-18-11-7-16(8-12-18)4-3-15-5-9-17(10-6-15)19(20)21/h2-12H,1,13-14H2,(H,20,21). The van der Waals surface area contributed by atoms with E-state index in [9.17, 15) is 4.79 Å². The second-order valence-corrected chi connectivity index (χ2v) is 4.72. The first-order valence-electron chi connectivity index (χ1n) is 7.16. The van der Waals surface area contributed by atoms with E-state index in [1.807, 2.05) is 36.4 Å². The Balaban J connectivity index is 1.91. The first-order chi connectivity index (χ1) is 11.2. The van der Waals surface area contributed by atoms with Crippen molar-refractivity contribution in [3.63, 3.8) is 0 Å². The summed E-state index contributed by atoms with van der Waals surface area (Å²) < 4.78 is 10.5. The number of ether oxygens (including phenoxy) is 2. The lowest BCUT2D eigenvalue weighted by atomic mass is 10.1. The molecule has 0 aromatic heterocycles. The van der Waals surface area contributed by atoms with Gasteiger partial charge in [-0.3, -0.25) is 0 Å². The van der Waals surface area contributed by atoms with Crippen molar-refractivity contribution in [2.24, 2.45) is 0 Å². The van der Waals surface area contributed by atoms with Crippen molar-refractivity contribution in [1.29, 1.82) is 0 Å². The first kappa shape index (κ1) is 16.4. The molecule has 0 atom stereocenters. The number of rotatable bonds is 8. The van der Waals surface area contributed by atoms with Gasteiger partial charge in [-0.15, -0.1) is 0 Å². The highest BCUT2D eigenvalue weighted by atomic mass is 16.5. The van der Waals surface area contributed by atoms with E-state index in [2.05, 4.69) is 6.58 Å². The monoisotopic (exact) mass is 310 g/mol. The van der Waals surface area contributed by atoms with Gasteiger partial charge in [0.15, 0.2) is 0 Å². The van der Waals surface area contributed by atoms with Gasteiger partial charge >= 0.3 is 5.97 Å². The van der Waals surface area contributed by atoms with Crippen molar-refractivity contribution < 1.29 is 19.4 Å². The Morgan fingerprint density at radius 1 is 0.957 bits per heavy atom. The molecule has 1 N–H and O–H groups in total. The van der Waals surface area contributed by atoms with Crippen LogP contribution in [0, 0.1) is 0 Å². The fourth-order valence-electron chi connectivity index (χ4n) is 1.90. The second-order valence-electron chi connectivity index (χ2n) is 4.72. The molecule has 0 unspecified atom stereocenters. The molecule has 2 aromatic carbocycles. The van der Waals surface area contributed by atoms with Gasteiger partial charge in [0.25, 0.3) is 0 Å². The minimum Gasteiger partial charge on any atom is -0.498 e. The molecule has 0 aliphatic rings. The molecule has 0 fully saturated rings. The summed E-state index contributed by atoms with van der Waals surface area (Å²) in [6.45, 7) is 4.40. The highest BCUT2D eigenvalue weighted by Gasteiger charge is 2.00. The van der Waals surface area contributed by atoms with Gasteiger partial charge in [-0.2, -0.15) is 0 Å². The van der Waals surface area contributed by atoms with Gasteiger partial charge in [0, 0.05) is 0 Å². The topological polar surface area (TPSA) is 55.8 Å². The van der Waals surface area contributed by atoms with E-state index in [1.165, 1.54) is 6.26 Å². The molecule has 4 heteroatoms. The molecule has 2 aromatic rings. The predicted octanol–water partition coefficient (Wildman–Crippen LogP) is 4.09. The Morgan fingerprint density at radius 3 is 2.04 bits per heavy atom. The fourth-order valence-corrected chi connectivity index (χ4v) is 1.90. The average Bonchev–Trinajstić information content (AvgIpc) is 2.58. The van der Waals surface area contributed by atoms with Crippen molar-refractivity contribution in [3.8, 4) is 5.75 Å². The highest BCUT2D eigenvalue weighted by Crippen LogP contribution is 2.15. The zero-order chi connectivity index (χ0) is 16.5. The molecule has 0 saturated carbocycles. The molecule has 0 bridgehead atoms. The molecule has 23 heavy (non-hydrogen) atoms. The molecule has 0 radical (unpaired) electrons. The van der Waals surface area contributed by atoms with Crippen LogP contribution in [0.3, 0.4) is 0 Å². The van der Waals surface area contributed by atoms with Gasteiger partial charge in [0.2, 0.25) is 0 Å². The first-order valence-corrected chi connectivity index (χ1v) is 7.16. The van der Waals surface area contributed by atoms with Gasteiger partial charge < -0.3 is 14.6 Å². The van der Waals surface area contributed by atoms with Gasteiger partial charge in [0.1, 0.15) is 19.0 Å². The van der Waals surface area contributed by atoms with Crippen molar-refractivity contribution in [2.45, 2.75) is 0 Å². The van der Waals surface area contributed by atoms with E-state index in [4.69, 9.17) is 14.6 Å². The van der Waals surface area contributed by atoms with Crippen molar-refractivity contribution >= 4 is 18.1 Å². The lowest BCUT2D eigenvalue weighted by Crippen LogP contribution is -2.03. The number of carboxylic acid groups (broad SMARTS) is 1.